The van der Waals surface area contributed by atoms with E-state index in [9.17, 15) is 14.4 Å². The molecule has 2 N–H and O–H groups in total. The second kappa shape index (κ2) is 9.90. The minimum absolute atomic E-state index is 0.0408. The molecular weight excluding hydrogens is 420 g/mol. The number of carbonyl (C=O) groups is 3. The molecule has 7 nitrogen and oxygen atoms in total. The Balaban J connectivity index is 1.37. The molecule has 0 radical (unpaired) electrons. The maximum Gasteiger partial charge on any atom is 0.407 e. The Labute approximate surface area is 193 Å². The van der Waals surface area contributed by atoms with Crippen molar-refractivity contribution in [1.29, 1.82) is 0 Å². The first-order chi connectivity index (χ1) is 16.0. The Kier molecular flexibility index (Phi) is 6.77. The van der Waals surface area contributed by atoms with E-state index >= 15 is 0 Å². The van der Waals surface area contributed by atoms with E-state index < -0.39 is 18.1 Å². The summed E-state index contributed by atoms with van der Waals surface area (Å²) in [5, 5.41) is 11.6. The van der Waals surface area contributed by atoms with Crippen LogP contribution >= 0.6 is 0 Å². The molecule has 1 aliphatic heterocycles. The number of rotatable bonds is 9. The Morgan fingerprint density at radius 2 is 1.70 bits per heavy atom. The number of allylic oxidation sites excluding steroid dienone is 1. The zero-order valence-corrected chi connectivity index (χ0v) is 18.4. The van der Waals surface area contributed by atoms with Crippen LogP contribution in [0.15, 0.2) is 61.2 Å². The third-order valence-electron chi connectivity index (χ3n) is 6.33. The van der Waals surface area contributed by atoms with Gasteiger partial charge in [0.25, 0.3) is 0 Å². The molecule has 2 aliphatic rings. The van der Waals surface area contributed by atoms with Gasteiger partial charge in [0.05, 0.1) is 6.42 Å². The van der Waals surface area contributed by atoms with Crippen LogP contribution in [0.5, 0.6) is 0 Å². The van der Waals surface area contributed by atoms with Crippen LogP contribution in [0.1, 0.15) is 36.3 Å². The number of carboxylic acid groups (broad SMARTS) is 1. The van der Waals surface area contributed by atoms with E-state index in [1.54, 1.807) is 11.0 Å². The van der Waals surface area contributed by atoms with E-state index in [2.05, 4.69) is 36.2 Å². The zero-order chi connectivity index (χ0) is 23.4. The molecule has 0 aromatic heterocycles. The number of nitrogens with zero attached hydrogens (tertiary/aromatic N) is 1. The standard InChI is InChI=1S/C26H28N2O5/c1-2-3-12-23(25(31)28-14-17(15-28)13-24(29)30)27-26(32)33-16-22-20-10-6-4-8-18(20)19-9-5-7-11-21(19)22/h2,4-11,17,22-23H,1,3,12-16H2,(H,27,32)(H,29,30). The van der Waals surface area contributed by atoms with Crippen molar-refractivity contribution in [2.75, 3.05) is 19.7 Å². The number of benzene rings is 2. The number of amides is 2. The summed E-state index contributed by atoms with van der Waals surface area (Å²) in [6.45, 7) is 4.65. The van der Waals surface area contributed by atoms with Crippen LogP contribution in [0.4, 0.5) is 4.79 Å². The van der Waals surface area contributed by atoms with Crippen LogP contribution in [0.3, 0.4) is 0 Å². The third kappa shape index (κ3) is 4.92. The molecule has 1 unspecified atom stereocenters. The molecule has 2 amide bonds. The molecule has 1 saturated heterocycles. The smallest absolute Gasteiger partial charge is 0.407 e. The van der Waals surface area contributed by atoms with Gasteiger partial charge < -0.3 is 20.1 Å². The first-order valence-corrected chi connectivity index (χ1v) is 11.2. The van der Waals surface area contributed by atoms with Gasteiger partial charge in [-0.2, -0.15) is 0 Å². The van der Waals surface area contributed by atoms with Crippen molar-refractivity contribution in [2.45, 2.75) is 31.2 Å². The highest BCUT2D eigenvalue weighted by Gasteiger charge is 2.36. The summed E-state index contributed by atoms with van der Waals surface area (Å²) in [6.07, 6.45) is 2.07. The molecule has 7 heteroatoms. The summed E-state index contributed by atoms with van der Waals surface area (Å²) >= 11 is 0. The maximum atomic E-state index is 12.9. The quantitative estimate of drug-likeness (QED) is 0.569. The fraction of sp³-hybridized carbons (Fsp3) is 0.346. The van der Waals surface area contributed by atoms with Crippen molar-refractivity contribution in [3.05, 3.63) is 72.3 Å². The number of nitrogens with one attached hydrogen (secondary N) is 1. The monoisotopic (exact) mass is 448 g/mol. The number of fused-ring (bicyclic) bond motifs is 3. The van der Waals surface area contributed by atoms with Gasteiger partial charge in [0, 0.05) is 24.9 Å². The summed E-state index contributed by atoms with van der Waals surface area (Å²) in [5.41, 5.74) is 4.54. The number of carbonyl (C=O) groups excluding carboxylic acids is 2. The predicted molar refractivity (Wildman–Crippen MR) is 124 cm³/mol. The SMILES string of the molecule is C=CCCC(NC(=O)OCC1c2ccccc2-c2ccccc21)C(=O)N1CC(CC(=O)O)C1. The Morgan fingerprint density at radius 3 is 2.27 bits per heavy atom. The minimum atomic E-state index is -0.868. The number of hydrogen-bond donors (Lipinski definition) is 2. The second-order valence-corrected chi connectivity index (χ2v) is 8.60. The van der Waals surface area contributed by atoms with Crippen LogP contribution in [-0.4, -0.2) is 53.7 Å². The lowest BCUT2D eigenvalue weighted by Gasteiger charge is -2.40. The van der Waals surface area contributed by atoms with Gasteiger partial charge in [-0.1, -0.05) is 54.6 Å². The van der Waals surface area contributed by atoms with Crippen LogP contribution in [0.25, 0.3) is 11.1 Å². The molecule has 1 heterocycles. The molecule has 1 aliphatic carbocycles. The molecule has 1 atom stereocenters. The first kappa shape index (κ1) is 22.6. The molecule has 1 fully saturated rings. The normalized spacial score (nSPS) is 15.7. The van der Waals surface area contributed by atoms with Crippen molar-refractivity contribution >= 4 is 18.0 Å². The Morgan fingerprint density at radius 1 is 1.09 bits per heavy atom. The van der Waals surface area contributed by atoms with E-state index in [-0.39, 0.29) is 30.8 Å². The maximum absolute atomic E-state index is 12.9. The third-order valence-corrected chi connectivity index (χ3v) is 6.33. The topological polar surface area (TPSA) is 95.9 Å². The number of ether oxygens (including phenoxy) is 1. The zero-order valence-electron chi connectivity index (χ0n) is 18.4. The average Bonchev–Trinajstić information content (AvgIpc) is 3.10. The van der Waals surface area contributed by atoms with Gasteiger partial charge in [-0.15, -0.1) is 6.58 Å². The van der Waals surface area contributed by atoms with Crippen LogP contribution in [0, 0.1) is 5.92 Å². The summed E-state index contributed by atoms with van der Waals surface area (Å²) in [5.74, 6) is -1.18. The van der Waals surface area contributed by atoms with Gasteiger partial charge in [-0.05, 0) is 35.1 Å². The van der Waals surface area contributed by atoms with E-state index in [1.165, 1.54) is 0 Å². The van der Waals surface area contributed by atoms with Crippen molar-refractivity contribution in [2.24, 2.45) is 5.92 Å². The van der Waals surface area contributed by atoms with Gasteiger partial charge in [0.1, 0.15) is 12.6 Å². The van der Waals surface area contributed by atoms with Crippen molar-refractivity contribution in [3.63, 3.8) is 0 Å². The van der Waals surface area contributed by atoms with Crippen molar-refractivity contribution in [3.8, 4) is 11.1 Å². The first-order valence-electron chi connectivity index (χ1n) is 11.2. The number of aliphatic carboxylic acids is 1. The summed E-state index contributed by atoms with van der Waals surface area (Å²) in [6, 6.07) is 15.5. The van der Waals surface area contributed by atoms with Crippen LogP contribution in [-0.2, 0) is 14.3 Å². The summed E-state index contributed by atoms with van der Waals surface area (Å²) < 4.78 is 5.58. The lowest BCUT2D eigenvalue weighted by molar-refractivity contribution is -0.146. The number of alkyl carbamates (subject to hydrolysis) is 1. The van der Waals surface area contributed by atoms with Gasteiger partial charge in [0.2, 0.25) is 5.91 Å². The number of likely N-dealkylation sites (tertiary alicyclic amines) is 1. The van der Waals surface area contributed by atoms with E-state index in [0.717, 1.165) is 22.3 Å². The molecule has 33 heavy (non-hydrogen) atoms. The molecule has 0 saturated carbocycles. The molecule has 172 valence electrons. The van der Waals surface area contributed by atoms with Crippen LogP contribution < -0.4 is 5.32 Å². The highest BCUT2D eigenvalue weighted by molar-refractivity contribution is 5.86. The minimum Gasteiger partial charge on any atom is -0.481 e. The number of hydrogen-bond acceptors (Lipinski definition) is 4. The lowest BCUT2D eigenvalue weighted by atomic mass is 9.95. The number of carboxylic acids is 1. The van der Waals surface area contributed by atoms with Gasteiger partial charge in [-0.3, -0.25) is 9.59 Å². The molecule has 0 spiro atoms. The highest BCUT2D eigenvalue weighted by Crippen LogP contribution is 2.44. The van der Waals surface area contributed by atoms with Gasteiger partial charge >= 0.3 is 12.1 Å². The molecule has 2 aromatic carbocycles. The highest BCUT2D eigenvalue weighted by atomic mass is 16.5. The second-order valence-electron chi connectivity index (χ2n) is 8.60. The van der Waals surface area contributed by atoms with Crippen molar-refractivity contribution in [1.82, 2.24) is 10.2 Å². The Hall–Kier alpha value is -3.61. The van der Waals surface area contributed by atoms with Crippen LogP contribution in [0.2, 0.25) is 0 Å². The van der Waals surface area contributed by atoms with Gasteiger partial charge in [-0.25, -0.2) is 4.79 Å². The molecule has 4 rings (SSSR count). The predicted octanol–water partition coefficient (Wildman–Crippen LogP) is 3.79. The summed E-state index contributed by atoms with van der Waals surface area (Å²) in [4.78, 5) is 37.9. The molecule has 0 bridgehead atoms. The van der Waals surface area contributed by atoms with E-state index in [1.807, 2.05) is 24.3 Å². The lowest BCUT2D eigenvalue weighted by Crippen LogP contribution is -2.57. The summed E-state index contributed by atoms with van der Waals surface area (Å²) in [7, 11) is 0. The fourth-order valence-corrected chi connectivity index (χ4v) is 4.67. The van der Waals surface area contributed by atoms with E-state index in [0.29, 0.717) is 25.9 Å². The Bertz CT molecular complexity index is 1010. The largest absolute Gasteiger partial charge is 0.481 e. The molecular formula is C26H28N2O5. The molecule has 2 aromatic rings. The van der Waals surface area contributed by atoms with Gasteiger partial charge in [0.15, 0.2) is 0 Å². The average molecular weight is 449 g/mol. The van der Waals surface area contributed by atoms with E-state index in [4.69, 9.17) is 9.84 Å². The fourth-order valence-electron chi connectivity index (χ4n) is 4.67. The van der Waals surface area contributed by atoms with Crippen molar-refractivity contribution < 1.29 is 24.2 Å².